The number of carbonyl (C=O) groups is 2. The second-order valence-electron chi connectivity index (χ2n) is 4.75. The fraction of sp³-hybridized carbons (Fsp3) is 0.0667. The zero-order chi connectivity index (χ0) is 16.4. The summed E-state index contributed by atoms with van der Waals surface area (Å²) in [4.78, 5) is 40.0. The summed E-state index contributed by atoms with van der Waals surface area (Å²) in [7, 11) is 0. The van der Waals surface area contributed by atoms with Crippen LogP contribution < -0.4 is 16.2 Å². The van der Waals surface area contributed by atoms with E-state index in [0.29, 0.717) is 16.3 Å². The molecule has 3 rings (SSSR count). The molecular weight excluding hydrogens is 316 g/mol. The largest absolute Gasteiger partial charge is 0.326 e. The number of carbonyl (C=O) groups excluding carboxylic acids is 2. The van der Waals surface area contributed by atoms with Crippen molar-refractivity contribution in [1.82, 2.24) is 9.38 Å². The molecule has 0 aliphatic carbocycles. The van der Waals surface area contributed by atoms with Crippen molar-refractivity contribution in [3.63, 3.8) is 0 Å². The van der Waals surface area contributed by atoms with Crippen molar-refractivity contribution in [1.29, 1.82) is 0 Å². The molecule has 2 heterocycles. The molecule has 23 heavy (non-hydrogen) atoms. The molecule has 0 radical (unpaired) electrons. The van der Waals surface area contributed by atoms with Gasteiger partial charge >= 0.3 is 0 Å². The Bertz CT molecular complexity index is 943. The molecule has 116 valence electrons. The molecule has 0 saturated carbocycles. The van der Waals surface area contributed by atoms with Crippen LogP contribution in [0.2, 0.25) is 0 Å². The number of amides is 2. The first-order valence-corrected chi connectivity index (χ1v) is 7.56. The normalized spacial score (nSPS) is 10.5. The highest BCUT2D eigenvalue weighted by atomic mass is 32.1. The van der Waals surface area contributed by atoms with Gasteiger partial charge in [-0.25, -0.2) is 4.98 Å². The minimum atomic E-state index is -0.532. The summed E-state index contributed by atoms with van der Waals surface area (Å²) in [5.41, 5.74) is 0.686. The number of thiazole rings is 1. The quantitative estimate of drug-likeness (QED) is 0.769. The fourth-order valence-corrected chi connectivity index (χ4v) is 2.69. The third-order valence-corrected chi connectivity index (χ3v) is 3.82. The Hall–Kier alpha value is -3.00. The summed E-state index contributed by atoms with van der Waals surface area (Å²) in [6.45, 7) is 1.41. The summed E-state index contributed by atoms with van der Waals surface area (Å²) >= 11 is 1.32. The van der Waals surface area contributed by atoms with Crippen LogP contribution in [-0.4, -0.2) is 21.2 Å². The van der Waals surface area contributed by atoms with Crippen LogP contribution in [0.25, 0.3) is 4.96 Å². The first kappa shape index (κ1) is 14.9. The Morgan fingerprint density at radius 1 is 1.13 bits per heavy atom. The lowest BCUT2D eigenvalue weighted by Gasteiger charge is -2.06. The summed E-state index contributed by atoms with van der Waals surface area (Å²) in [6.07, 6.45) is 2.85. The van der Waals surface area contributed by atoms with Crippen molar-refractivity contribution in [2.24, 2.45) is 0 Å². The van der Waals surface area contributed by atoms with Crippen LogP contribution in [0.15, 0.2) is 46.8 Å². The zero-order valence-corrected chi connectivity index (χ0v) is 12.9. The van der Waals surface area contributed by atoms with Gasteiger partial charge in [-0.15, -0.1) is 11.3 Å². The Labute approximate surface area is 134 Å². The van der Waals surface area contributed by atoms with E-state index in [0.717, 1.165) is 0 Å². The Morgan fingerprint density at radius 2 is 1.78 bits per heavy atom. The van der Waals surface area contributed by atoms with Crippen molar-refractivity contribution in [3.8, 4) is 0 Å². The van der Waals surface area contributed by atoms with Gasteiger partial charge in [0.15, 0.2) is 4.96 Å². The Morgan fingerprint density at radius 3 is 2.43 bits per heavy atom. The topological polar surface area (TPSA) is 92.6 Å². The van der Waals surface area contributed by atoms with E-state index >= 15 is 0 Å². The summed E-state index contributed by atoms with van der Waals surface area (Å²) in [6, 6.07) is 6.59. The maximum Gasteiger partial charge on any atom is 0.271 e. The molecule has 7 nitrogen and oxygen atoms in total. The molecule has 0 unspecified atom stereocenters. The van der Waals surface area contributed by atoms with E-state index in [2.05, 4.69) is 15.6 Å². The average Bonchev–Trinajstić information content (AvgIpc) is 2.98. The molecule has 0 aliphatic heterocycles. The minimum Gasteiger partial charge on any atom is -0.326 e. The van der Waals surface area contributed by atoms with E-state index in [1.54, 1.807) is 35.8 Å². The lowest BCUT2D eigenvalue weighted by molar-refractivity contribution is -0.114. The first-order valence-electron chi connectivity index (χ1n) is 6.68. The van der Waals surface area contributed by atoms with E-state index in [-0.39, 0.29) is 11.5 Å². The van der Waals surface area contributed by atoms with Crippen molar-refractivity contribution in [2.75, 3.05) is 10.6 Å². The third kappa shape index (κ3) is 3.11. The monoisotopic (exact) mass is 328 g/mol. The van der Waals surface area contributed by atoms with E-state index in [9.17, 15) is 14.4 Å². The lowest BCUT2D eigenvalue weighted by atomic mass is 10.2. The molecule has 3 aromatic rings. The van der Waals surface area contributed by atoms with Gasteiger partial charge in [-0.2, -0.15) is 0 Å². The van der Waals surface area contributed by atoms with Crippen LogP contribution in [0.4, 0.5) is 11.4 Å². The molecule has 0 bridgehead atoms. The number of aromatic nitrogens is 2. The highest BCUT2D eigenvalue weighted by molar-refractivity contribution is 7.15. The van der Waals surface area contributed by atoms with E-state index in [1.165, 1.54) is 28.9 Å². The summed E-state index contributed by atoms with van der Waals surface area (Å²) in [5.74, 6) is -0.708. The smallest absolute Gasteiger partial charge is 0.271 e. The second-order valence-corrected chi connectivity index (χ2v) is 5.62. The highest BCUT2D eigenvalue weighted by Crippen LogP contribution is 2.14. The maximum absolute atomic E-state index is 12.2. The van der Waals surface area contributed by atoms with Crippen LogP contribution in [-0.2, 0) is 4.79 Å². The van der Waals surface area contributed by atoms with Gasteiger partial charge in [-0.3, -0.25) is 18.8 Å². The molecule has 0 atom stereocenters. The molecule has 8 heteroatoms. The van der Waals surface area contributed by atoms with E-state index in [1.807, 2.05) is 0 Å². The lowest BCUT2D eigenvalue weighted by Crippen LogP contribution is -2.25. The number of anilines is 2. The Balaban J connectivity index is 1.81. The number of benzene rings is 1. The van der Waals surface area contributed by atoms with Gasteiger partial charge in [0, 0.05) is 36.1 Å². The maximum atomic E-state index is 12.2. The second kappa shape index (κ2) is 6.01. The van der Waals surface area contributed by atoms with Gasteiger partial charge < -0.3 is 10.6 Å². The predicted molar refractivity (Wildman–Crippen MR) is 88.0 cm³/mol. The van der Waals surface area contributed by atoms with Crippen molar-refractivity contribution in [2.45, 2.75) is 6.92 Å². The first-order chi connectivity index (χ1) is 11.0. The van der Waals surface area contributed by atoms with Gasteiger partial charge in [-0.1, -0.05) is 0 Å². The molecule has 1 aromatic carbocycles. The standard InChI is InChI=1S/C15H12N4O3S/c1-9(20)17-10-2-4-11(5-3-10)18-13(21)12-8-16-15-19(14(12)22)6-7-23-15/h2-8H,1H3,(H,17,20)(H,18,21). The molecule has 2 aromatic heterocycles. The van der Waals surface area contributed by atoms with E-state index < -0.39 is 11.5 Å². The van der Waals surface area contributed by atoms with Crippen LogP contribution in [0.1, 0.15) is 17.3 Å². The number of hydrogen-bond acceptors (Lipinski definition) is 5. The van der Waals surface area contributed by atoms with Crippen LogP contribution in [0.5, 0.6) is 0 Å². The Kier molecular flexibility index (Phi) is 3.90. The molecule has 0 saturated heterocycles. The molecule has 0 spiro atoms. The van der Waals surface area contributed by atoms with Gasteiger partial charge in [0.25, 0.3) is 11.5 Å². The number of nitrogens with zero attached hydrogens (tertiary/aromatic N) is 2. The summed E-state index contributed by atoms with van der Waals surface area (Å²) in [5, 5.41) is 6.99. The van der Waals surface area contributed by atoms with Gasteiger partial charge in [-0.05, 0) is 24.3 Å². The SMILES string of the molecule is CC(=O)Nc1ccc(NC(=O)c2cnc3sccn3c2=O)cc1. The minimum absolute atomic E-state index is 0.0353. The highest BCUT2D eigenvalue weighted by Gasteiger charge is 2.14. The van der Waals surface area contributed by atoms with Crippen LogP contribution in [0.3, 0.4) is 0 Å². The van der Waals surface area contributed by atoms with Gasteiger partial charge in [0.05, 0.1) is 0 Å². The third-order valence-electron chi connectivity index (χ3n) is 3.05. The van der Waals surface area contributed by atoms with Crippen molar-refractivity contribution >= 4 is 39.5 Å². The van der Waals surface area contributed by atoms with Gasteiger partial charge in [0.2, 0.25) is 5.91 Å². The van der Waals surface area contributed by atoms with E-state index in [4.69, 9.17) is 0 Å². The predicted octanol–water partition coefficient (Wildman–Crippen LogP) is 1.97. The van der Waals surface area contributed by atoms with Gasteiger partial charge in [0.1, 0.15) is 5.56 Å². The van der Waals surface area contributed by atoms with Crippen LogP contribution in [0, 0.1) is 0 Å². The number of hydrogen-bond donors (Lipinski definition) is 2. The number of fused-ring (bicyclic) bond motifs is 1. The molecule has 2 amide bonds. The molecule has 0 fully saturated rings. The molecular formula is C15H12N4O3S. The molecule has 0 aliphatic rings. The van der Waals surface area contributed by atoms with Crippen molar-refractivity contribution < 1.29 is 9.59 Å². The summed E-state index contributed by atoms with van der Waals surface area (Å²) < 4.78 is 1.33. The zero-order valence-electron chi connectivity index (χ0n) is 12.1. The number of nitrogens with one attached hydrogen (secondary N) is 2. The van der Waals surface area contributed by atoms with Crippen LogP contribution >= 0.6 is 11.3 Å². The average molecular weight is 328 g/mol. The van der Waals surface area contributed by atoms with Crippen molar-refractivity contribution in [3.05, 3.63) is 58.0 Å². The fourth-order valence-electron chi connectivity index (χ4n) is 2.02. The number of rotatable bonds is 3. The molecule has 2 N–H and O–H groups in total.